The van der Waals surface area contributed by atoms with Gasteiger partial charge in [0.25, 0.3) is 0 Å². The summed E-state index contributed by atoms with van der Waals surface area (Å²) in [5.41, 5.74) is 7.27. The van der Waals surface area contributed by atoms with Crippen LogP contribution in [0.1, 0.15) is 0 Å². The second-order valence-electron chi connectivity index (χ2n) is 4.11. The molecule has 0 unspecified atom stereocenters. The number of para-hydroxylation sites is 1. The van der Waals surface area contributed by atoms with Crippen LogP contribution in [0.15, 0.2) is 54.7 Å². The Morgan fingerprint density at radius 2 is 1.89 bits per heavy atom. The second kappa shape index (κ2) is 4.78. The van der Waals surface area contributed by atoms with Gasteiger partial charge in [0.15, 0.2) is 0 Å². The molecule has 1 heterocycles. The Morgan fingerprint density at radius 1 is 1.05 bits per heavy atom. The van der Waals surface area contributed by atoms with E-state index in [0.717, 1.165) is 10.9 Å². The molecule has 0 saturated heterocycles. The van der Waals surface area contributed by atoms with Gasteiger partial charge in [-0.1, -0.05) is 23.7 Å². The minimum Gasteiger partial charge on any atom is -0.457 e. The first-order valence-electron chi connectivity index (χ1n) is 5.81. The number of anilines is 1. The number of pyridine rings is 1. The molecular formula is C15H11ClN2O. The lowest BCUT2D eigenvalue weighted by Gasteiger charge is -2.09. The van der Waals surface area contributed by atoms with Crippen molar-refractivity contribution in [2.75, 3.05) is 5.73 Å². The number of benzene rings is 2. The molecule has 0 fully saturated rings. The van der Waals surface area contributed by atoms with Crippen molar-refractivity contribution >= 4 is 28.2 Å². The molecule has 3 nitrogen and oxygen atoms in total. The zero-order chi connectivity index (χ0) is 13.2. The number of hydrogen-bond acceptors (Lipinski definition) is 3. The number of nitrogens with zero attached hydrogens (tertiary/aromatic N) is 1. The van der Waals surface area contributed by atoms with E-state index in [1.807, 2.05) is 36.4 Å². The predicted molar refractivity (Wildman–Crippen MR) is 77.7 cm³/mol. The lowest BCUT2D eigenvalue weighted by atomic mass is 10.2. The van der Waals surface area contributed by atoms with Gasteiger partial charge in [0.05, 0.1) is 11.2 Å². The fourth-order valence-corrected chi connectivity index (χ4v) is 2.10. The summed E-state index contributed by atoms with van der Waals surface area (Å²) in [7, 11) is 0. The van der Waals surface area contributed by atoms with Crippen LogP contribution in [0.5, 0.6) is 11.5 Å². The van der Waals surface area contributed by atoms with Crippen LogP contribution in [0.4, 0.5) is 5.69 Å². The van der Waals surface area contributed by atoms with E-state index in [9.17, 15) is 0 Å². The Hall–Kier alpha value is -2.26. The molecule has 2 aromatic carbocycles. The summed E-state index contributed by atoms with van der Waals surface area (Å²) < 4.78 is 5.85. The number of fused-ring (bicyclic) bond motifs is 1. The minimum atomic E-state index is 0.633. The Morgan fingerprint density at radius 3 is 2.74 bits per heavy atom. The topological polar surface area (TPSA) is 48.1 Å². The quantitative estimate of drug-likeness (QED) is 0.708. The summed E-state index contributed by atoms with van der Waals surface area (Å²) in [6.07, 6.45) is 1.68. The molecule has 19 heavy (non-hydrogen) atoms. The predicted octanol–water partition coefficient (Wildman–Crippen LogP) is 4.26. The van der Waals surface area contributed by atoms with Crippen LogP contribution in [-0.4, -0.2) is 4.98 Å². The molecule has 0 aliphatic rings. The Balaban J connectivity index is 2.08. The van der Waals surface area contributed by atoms with Gasteiger partial charge in [0, 0.05) is 16.6 Å². The molecule has 0 amide bonds. The second-order valence-corrected chi connectivity index (χ2v) is 4.55. The first-order valence-corrected chi connectivity index (χ1v) is 6.18. The third-order valence-corrected chi connectivity index (χ3v) is 3.02. The summed E-state index contributed by atoms with van der Waals surface area (Å²) >= 11 is 5.94. The van der Waals surface area contributed by atoms with Crippen LogP contribution >= 0.6 is 11.6 Å². The van der Waals surface area contributed by atoms with Crippen molar-refractivity contribution in [3.63, 3.8) is 0 Å². The third-order valence-electron chi connectivity index (χ3n) is 2.79. The van der Waals surface area contributed by atoms with Gasteiger partial charge >= 0.3 is 0 Å². The minimum absolute atomic E-state index is 0.633. The number of aromatic nitrogens is 1. The van der Waals surface area contributed by atoms with Crippen LogP contribution in [-0.2, 0) is 0 Å². The van der Waals surface area contributed by atoms with E-state index in [2.05, 4.69) is 4.98 Å². The van der Waals surface area contributed by atoms with Crippen LogP contribution in [0.2, 0.25) is 5.02 Å². The molecule has 0 spiro atoms. The van der Waals surface area contributed by atoms with Crippen molar-refractivity contribution in [2.45, 2.75) is 0 Å². The number of hydrogen-bond donors (Lipinski definition) is 1. The Labute approximate surface area is 115 Å². The first-order chi connectivity index (χ1) is 9.24. The van der Waals surface area contributed by atoms with E-state index >= 15 is 0 Å². The van der Waals surface area contributed by atoms with Gasteiger partial charge in [0.1, 0.15) is 11.5 Å². The molecule has 94 valence electrons. The van der Waals surface area contributed by atoms with Gasteiger partial charge in [-0.15, -0.1) is 0 Å². The van der Waals surface area contributed by atoms with Crippen molar-refractivity contribution in [3.05, 3.63) is 59.8 Å². The highest BCUT2D eigenvalue weighted by molar-refractivity contribution is 6.30. The third kappa shape index (κ3) is 2.33. The largest absolute Gasteiger partial charge is 0.457 e. The van der Waals surface area contributed by atoms with Gasteiger partial charge < -0.3 is 10.5 Å². The van der Waals surface area contributed by atoms with Gasteiger partial charge in [0.2, 0.25) is 0 Å². The van der Waals surface area contributed by atoms with Gasteiger partial charge in [-0.2, -0.15) is 0 Å². The number of halogens is 1. The maximum atomic E-state index is 5.94. The lowest BCUT2D eigenvalue weighted by molar-refractivity contribution is 0.488. The van der Waals surface area contributed by atoms with E-state index in [0.29, 0.717) is 22.2 Å². The van der Waals surface area contributed by atoms with Gasteiger partial charge in [-0.05, 0) is 36.4 Å². The smallest absolute Gasteiger partial charge is 0.138 e. The summed E-state index contributed by atoms with van der Waals surface area (Å²) in [4.78, 5) is 4.27. The molecule has 2 N–H and O–H groups in total. The average molecular weight is 271 g/mol. The molecule has 0 aliphatic carbocycles. The molecular weight excluding hydrogens is 260 g/mol. The van der Waals surface area contributed by atoms with Crippen molar-refractivity contribution < 1.29 is 4.74 Å². The number of rotatable bonds is 2. The van der Waals surface area contributed by atoms with E-state index < -0.39 is 0 Å². The molecule has 3 aromatic rings. The lowest BCUT2D eigenvalue weighted by Crippen LogP contribution is -1.92. The molecule has 0 radical (unpaired) electrons. The van der Waals surface area contributed by atoms with E-state index in [1.165, 1.54) is 0 Å². The molecule has 1 aromatic heterocycles. The summed E-state index contributed by atoms with van der Waals surface area (Å²) in [6, 6.07) is 14.7. The molecule has 0 saturated carbocycles. The summed E-state index contributed by atoms with van der Waals surface area (Å²) in [6.45, 7) is 0. The highest BCUT2D eigenvalue weighted by Crippen LogP contribution is 2.31. The highest BCUT2D eigenvalue weighted by Gasteiger charge is 2.06. The zero-order valence-electron chi connectivity index (χ0n) is 10.0. The van der Waals surface area contributed by atoms with Crippen LogP contribution in [0.25, 0.3) is 10.9 Å². The molecule has 3 rings (SSSR count). The van der Waals surface area contributed by atoms with Crippen molar-refractivity contribution in [2.24, 2.45) is 0 Å². The van der Waals surface area contributed by atoms with Crippen molar-refractivity contribution in [3.8, 4) is 11.5 Å². The zero-order valence-corrected chi connectivity index (χ0v) is 10.8. The summed E-state index contributed by atoms with van der Waals surface area (Å²) in [5.74, 6) is 1.39. The number of nitrogen functional groups attached to an aromatic ring is 1. The van der Waals surface area contributed by atoms with E-state index in [-0.39, 0.29) is 0 Å². The summed E-state index contributed by atoms with van der Waals surface area (Å²) in [5, 5.41) is 1.51. The van der Waals surface area contributed by atoms with Crippen LogP contribution in [0.3, 0.4) is 0 Å². The Kier molecular flexibility index (Phi) is 2.97. The van der Waals surface area contributed by atoms with E-state index in [4.69, 9.17) is 22.1 Å². The maximum absolute atomic E-state index is 5.94. The maximum Gasteiger partial charge on any atom is 0.138 e. The van der Waals surface area contributed by atoms with Gasteiger partial charge in [-0.25, -0.2) is 0 Å². The molecule has 4 heteroatoms. The fraction of sp³-hybridized carbons (Fsp3) is 0. The molecule has 0 atom stereocenters. The number of ether oxygens (including phenoxy) is 1. The number of nitrogens with two attached hydrogens (primary N) is 1. The monoisotopic (exact) mass is 270 g/mol. The fourth-order valence-electron chi connectivity index (χ4n) is 1.92. The average Bonchev–Trinajstić information content (AvgIpc) is 2.40. The van der Waals surface area contributed by atoms with Crippen molar-refractivity contribution in [1.29, 1.82) is 0 Å². The molecule has 0 aliphatic heterocycles. The SMILES string of the molecule is Nc1cccc2c(Oc3cccc(Cl)c3)ccnc12. The first kappa shape index (κ1) is 11.8. The van der Waals surface area contributed by atoms with Gasteiger partial charge in [-0.3, -0.25) is 4.98 Å². The van der Waals surface area contributed by atoms with E-state index in [1.54, 1.807) is 18.3 Å². The normalized spacial score (nSPS) is 10.6. The Bertz CT molecular complexity index is 743. The highest BCUT2D eigenvalue weighted by atomic mass is 35.5. The van der Waals surface area contributed by atoms with Crippen LogP contribution in [0, 0.1) is 0 Å². The van der Waals surface area contributed by atoms with Crippen LogP contribution < -0.4 is 10.5 Å². The van der Waals surface area contributed by atoms with Crippen molar-refractivity contribution in [1.82, 2.24) is 4.98 Å². The standard InChI is InChI=1S/C15H11ClN2O/c16-10-3-1-4-11(9-10)19-14-7-8-18-15-12(14)5-2-6-13(15)17/h1-9H,17H2. The molecule has 0 bridgehead atoms.